The van der Waals surface area contributed by atoms with Crippen LogP contribution in [0.5, 0.6) is 0 Å². The van der Waals surface area contributed by atoms with Crippen LogP contribution >= 0.6 is 27.3 Å². The van der Waals surface area contributed by atoms with Crippen LogP contribution < -0.4 is 5.56 Å². The molecule has 0 fully saturated rings. The van der Waals surface area contributed by atoms with Crippen LogP contribution in [0.25, 0.3) is 22.0 Å². The van der Waals surface area contributed by atoms with E-state index in [1.165, 1.54) is 22.3 Å². The molecular formula is C15H10BrNOS. The second-order valence-corrected chi connectivity index (χ2v) is 6.06. The summed E-state index contributed by atoms with van der Waals surface area (Å²) in [7, 11) is 0. The number of rotatable bonds is 1. The molecule has 0 aliphatic heterocycles. The van der Waals surface area contributed by atoms with Crippen molar-refractivity contribution in [3.63, 3.8) is 0 Å². The van der Waals surface area contributed by atoms with E-state index in [1.54, 1.807) is 11.3 Å². The zero-order chi connectivity index (χ0) is 13.0. The third-order valence-corrected chi connectivity index (χ3v) is 5.16. The van der Waals surface area contributed by atoms with Gasteiger partial charge in [0.05, 0.1) is 11.1 Å². The molecule has 0 atom stereocenters. The van der Waals surface area contributed by atoms with Gasteiger partial charge in [-0.25, -0.2) is 0 Å². The smallest absolute Gasteiger partial charge is 0.257 e. The van der Waals surface area contributed by atoms with E-state index in [4.69, 9.17) is 0 Å². The van der Waals surface area contributed by atoms with Gasteiger partial charge in [-0.2, -0.15) is 11.3 Å². The van der Waals surface area contributed by atoms with Gasteiger partial charge in [0.2, 0.25) is 0 Å². The molecule has 2 nitrogen and oxygen atoms in total. The summed E-state index contributed by atoms with van der Waals surface area (Å²) in [6.07, 6.45) is 0.913. The molecule has 0 unspecified atom stereocenters. The van der Waals surface area contributed by atoms with Crippen LogP contribution in [-0.2, 0) is 11.8 Å². The molecular weight excluding hydrogens is 322 g/mol. The lowest BCUT2D eigenvalue weighted by Crippen LogP contribution is -2.06. The third kappa shape index (κ3) is 1.50. The maximum Gasteiger partial charge on any atom is 0.257 e. The van der Waals surface area contributed by atoms with Crippen molar-refractivity contribution in [1.29, 1.82) is 0 Å². The molecule has 0 spiro atoms. The molecule has 4 rings (SSSR count). The first kappa shape index (κ1) is 11.4. The third-order valence-electron chi connectivity index (χ3n) is 3.81. The van der Waals surface area contributed by atoms with E-state index in [0.29, 0.717) is 0 Å². The molecule has 1 aliphatic carbocycles. The lowest BCUT2D eigenvalue weighted by atomic mass is 10.0. The largest absolute Gasteiger partial charge is 0.321 e. The average molecular weight is 332 g/mol. The summed E-state index contributed by atoms with van der Waals surface area (Å²) in [6, 6.07) is 6.30. The van der Waals surface area contributed by atoms with Crippen molar-refractivity contribution in [2.75, 3.05) is 0 Å². The van der Waals surface area contributed by atoms with Gasteiger partial charge in [-0.1, -0.05) is 34.1 Å². The number of benzene rings is 1. The fourth-order valence-electron chi connectivity index (χ4n) is 2.89. The molecule has 1 aromatic carbocycles. The normalized spacial score (nSPS) is 12.7. The first-order chi connectivity index (χ1) is 9.29. The van der Waals surface area contributed by atoms with Gasteiger partial charge in [0, 0.05) is 28.1 Å². The van der Waals surface area contributed by atoms with Gasteiger partial charge in [-0.15, -0.1) is 0 Å². The molecule has 94 valence electrons. The maximum atomic E-state index is 12.1. The number of halogens is 1. The molecule has 2 heterocycles. The molecule has 2 aromatic heterocycles. The molecule has 1 aliphatic rings. The van der Waals surface area contributed by atoms with Crippen molar-refractivity contribution >= 4 is 38.0 Å². The Morgan fingerprint density at radius 2 is 2.05 bits per heavy atom. The van der Waals surface area contributed by atoms with E-state index >= 15 is 0 Å². The minimum absolute atomic E-state index is 0.0205. The first-order valence-electron chi connectivity index (χ1n) is 6.07. The van der Waals surface area contributed by atoms with Crippen LogP contribution in [0.3, 0.4) is 0 Å². The lowest BCUT2D eigenvalue weighted by Gasteiger charge is -2.04. The Bertz CT molecular complexity index is 862. The summed E-state index contributed by atoms with van der Waals surface area (Å²) in [5.74, 6) is 0. The van der Waals surface area contributed by atoms with E-state index in [2.05, 4.69) is 44.5 Å². The fourth-order valence-corrected chi connectivity index (χ4v) is 4.26. The van der Waals surface area contributed by atoms with Crippen molar-refractivity contribution in [2.24, 2.45) is 0 Å². The van der Waals surface area contributed by atoms with Crippen LogP contribution in [0.4, 0.5) is 0 Å². The highest BCUT2D eigenvalue weighted by molar-refractivity contribution is 9.08. The Hall–Kier alpha value is -1.39. The molecule has 0 saturated carbocycles. The Morgan fingerprint density at radius 1 is 1.21 bits per heavy atom. The predicted octanol–water partition coefficient (Wildman–Crippen LogP) is 4.06. The molecule has 4 heteroatoms. The second-order valence-electron chi connectivity index (χ2n) is 4.76. The van der Waals surface area contributed by atoms with Gasteiger partial charge in [0.1, 0.15) is 0 Å². The number of pyridine rings is 1. The minimum atomic E-state index is 0.0205. The number of hydrogen-bond acceptors (Lipinski definition) is 2. The SMILES string of the molecule is O=c1[nH]c2c(c3cscc13)Cc1c(CBr)cccc1-2. The molecule has 0 bridgehead atoms. The van der Waals surface area contributed by atoms with Crippen LogP contribution in [0.1, 0.15) is 16.7 Å². The quantitative estimate of drug-likeness (QED) is 0.524. The number of fused-ring (bicyclic) bond motifs is 5. The van der Waals surface area contributed by atoms with Gasteiger partial charge in [-0.3, -0.25) is 4.79 Å². The topological polar surface area (TPSA) is 32.9 Å². The lowest BCUT2D eigenvalue weighted by molar-refractivity contribution is 1.21. The van der Waals surface area contributed by atoms with E-state index in [-0.39, 0.29) is 5.56 Å². The van der Waals surface area contributed by atoms with Crippen molar-refractivity contribution in [3.05, 3.63) is 56.0 Å². The van der Waals surface area contributed by atoms with Crippen molar-refractivity contribution in [3.8, 4) is 11.3 Å². The standard InChI is InChI=1S/C15H10BrNOS/c16-5-8-2-1-3-9-10(8)4-11-12-6-19-7-13(12)15(18)17-14(9)11/h1-3,6-7H,4-5H2,(H,17,18). The van der Waals surface area contributed by atoms with Gasteiger partial charge >= 0.3 is 0 Å². The summed E-state index contributed by atoms with van der Waals surface area (Å²) in [5.41, 5.74) is 6.11. The number of nitrogens with one attached hydrogen (secondary N) is 1. The molecule has 3 aromatic rings. The molecule has 0 radical (unpaired) electrons. The number of thiophene rings is 1. The molecule has 0 saturated heterocycles. The summed E-state index contributed by atoms with van der Waals surface area (Å²) in [4.78, 5) is 15.2. The molecule has 19 heavy (non-hydrogen) atoms. The zero-order valence-corrected chi connectivity index (χ0v) is 12.4. The summed E-state index contributed by atoms with van der Waals surface area (Å²) < 4.78 is 0. The van der Waals surface area contributed by atoms with Crippen LogP contribution in [0.15, 0.2) is 33.8 Å². The Morgan fingerprint density at radius 3 is 2.89 bits per heavy atom. The van der Waals surface area contributed by atoms with E-state index in [0.717, 1.165) is 28.2 Å². The second kappa shape index (κ2) is 4.05. The number of H-pyrrole nitrogens is 1. The number of aromatic nitrogens is 1. The van der Waals surface area contributed by atoms with Gasteiger partial charge in [0.15, 0.2) is 0 Å². The van der Waals surface area contributed by atoms with Gasteiger partial charge < -0.3 is 4.98 Å². The predicted molar refractivity (Wildman–Crippen MR) is 83.3 cm³/mol. The first-order valence-corrected chi connectivity index (χ1v) is 8.14. The van der Waals surface area contributed by atoms with Crippen LogP contribution in [0.2, 0.25) is 0 Å². The minimum Gasteiger partial charge on any atom is -0.321 e. The number of hydrogen-bond donors (Lipinski definition) is 1. The Labute approximate surface area is 122 Å². The van der Waals surface area contributed by atoms with E-state index < -0.39 is 0 Å². The monoisotopic (exact) mass is 331 g/mol. The van der Waals surface area contributed by atoms with E-state index in [9.17, 15) is 4.79 Å². The fraction of sp³-hybridized carbons (Fsp3) is 0.133. The van der Waals surface area contributed by atoms with Crippen LogP contribution in [-0.4, -0.2) is 4.98 Å². The highest BCUT2D eigenvalue weighted by Crippen LogP contribution is 2.40. The highest BCUT2D eigenvalue weighted by Gasteiger charge is 2.24. The number of alkyl halides is 1. The van der Waals surface area contributed by atoms with Gasteiger partial charge in [-0.05, 0) is 22.1 Å². The average Bonchev–Trinajstić information content (AvgIpc) is 3.03. The Kier molecular flexibility index (Phi) is 2.44. The Balaban J connectivity index is 2.11. The molecule has 1 N–H and O–H groups in total. The highest BCUT2D eigenvalue weighted by atomic mass is 79.9. The molecule has 0 amide bonds. The van der Waals surface area contributed by atoms with Crippen molar-refractivity contribution in [2.45, 2.75) is 11.8 Å². The summed E-state index contributed by atoms with van der Waals surface area (Å²) in [5, 5.41) is 6.80. The number of aromatic amines is 1. The van der Waals surface area contributed by atoms with Crippen molar-refractivity contribution in [1.82, 2.24) is 4.98 Å². The maximum absolute atomic E-state index is 12.1. The zero-order valence-electron chi connectivity index (χ0n) is 10.00. The van der Waals surface area contributed by atoms with Crippen LogP contribution in [0, 0.1) is 0 Å². The van der Waals surface area contributed by atoms with E-state index in [1.807, 2.05) is 5.38 Å². The van der Waals surface area contributed by atoms with Crippen molar-refractivity contribution < 1.29 is 0 Å². The summed E-state index contributed by atoms with van der Waals surface area (Å²) in [6.45, 7) is 0. The van der Waals surface area contributed by atoms with Gasteiger partial charge in [0.25, 0.3) is 5.56 Å². The summed E-state index contributed by atoms with van der Waals surface area (Å²) >= 11 is 5.14.